The molecule has 0 unspecified atom stereocenters. The number of carbonyl (C=O) groups excluding carboxylic acids is 1. The summed E-state index contributed by atoms with van der Waals surface area (Å²) in [5.74, 6) is -2.12. The van der Waals surface area contributed by atoms with Gasteiger partial charge in [0.05, 0.1) is 0 Å². The first-order valence-electron chi connectivity index (χ1n) is 6.91. The van der Waals surface area contributed by atoms with E-state index in [0.29, 0.717) is 12.8 Å². The van der Waals surface area contributed by atoms with Gasteiger partial charge in [-0.3, -0.25) is 4.79 Å². The molecule has 0 bridgehead atoms. The Labute approximate surface area is 145 Å². The molecule has 0 aliphatic carbocycles. The van der Waals surface area contributed by atoms with Gasteiger partial charge < -0.3 is 10.3 Å². The number of halogens is 2. The molecule has 1 aromatic carbocycles. The molecule has 2 N–H and O–H groups in total. The van der Waals surface area contributed by atoms with Gasteiger partial charge in [-0.1, -0.05) is 11.2 Å². The molecular formula is C13H12BrFN4O4S. The molecule has 1 aliphatic heterocycles. The van der Waals surface area contributed by atoms with Gasteiger partial charge in [0.2, 0.25) is 15.9 Å². The van der Waals surface area contributed by atoms with Crippen molar-refractivity contribution in [3.8, 4) is 0 Å². The van der Waals surface area contributed by atoms with E-state index < -0.39 is 32.7 Å². The molecule has 0 radical (unpaired) electrons. The van der Waals surface area contributed by atoms with Crippen LogP contribution in [0.15, 0.2) is 32.1 Å². The fraction of sp³-hybridized carbons (Fsp3) is 0.308. The molecule has 128 valence electrons. The van der Waals surface area contributed by atoms with Crippen LogP contribution in [0.1, 0.15) is 35.4 Å². The Balaban J connectivity index is 2.02. The molecule has 1 fully saturated rings. The number of nitrogens with two attached hydrogens (primary N) is 1. The third-order valence-corrected chi connectivity index (χ3v) is 6.55. The highest BCUT2D eigenvalue weighted by Crippen LogP contribution is 2.38. The number of carbonyl (C=O) groups is 1. The molecule has 11 heteroatoms. The third-order valence-electron chi connectivity index (χ3n) is 3.64. The fourth-order valence-electron chi connectivity index (χ4n) is 2.59. The zero-order chi connectivity index (χ0) is 17.5. The van der Waals surface area contributed by atoms with Crippen LogP contribution >= 0.6 is 15.9 Å². The molecule has 1 saturated heterocycles. The highest BCUT2D eigenvalue weighted by molar-refractivity contribution is 9.10. The van der Waals surface area contributed by atoms with Gasteiger partial charge in [0.1, 0.15) is 16.8 Å². The highest BCUT2D eigenvalue weighted by atomic mass is 79.9. The van der Waals surface area contributed by atoms with E-state index in [1.807, 2.05) is 0 Å². The Kier molecular flexibility index (Phi) is 4.40. The standard InChI is InChI=1S/C13H12BrFN4O4S/c14-7-3-1-4-8(15)10(7)24(21,22)19-6-2-5-9(19)13-17-12(11(16)20)18-23-13/h1,3-4,9H,2,5-6H2,(H2,16,20)/t9-/m0/s1. The summed E-state index contributed by atoms with van der Waals surface area (Å²) in [4.78, 5) is 14.4. The first-order chi connectivity index (χ1) is 11.3. The minimum Gasteiger partial charge on any atom is -0.363 e. The van der Waals surface area contributed by atoms with Crippen LogP contribution in [-0.4, -0.2) is 35.3 Å². The van der Waals surface area contributed by atoms with Gasteiger partial charge in [0, 0.05) is 11.0 Å². The molecule has 0 saturated carbocycles. The van der Waals surface area contributed by atoms with E-state index in [-0.39, 0.29) is 22.7 Å². The van der Waals surface area contributed by atoms with Crippen molar-refractivity contribution in [1.29, 1.82) is 0 Å². The Bertz CT molecular complexity index is 881. The lowest BCUT2D eigenvalue weighted by atomic mass is 10.2. The molecule has 24 heavy (non-hydrogen) atoms. The van der Waals surface area contributed by atoms with Gasteiger partial charge in [-0.15, -0.1) is 0 Å². The largest absolute Gasteiger partial charge is 0.363 e. The molecular weight excluding hydrogens is 407 g/mol. The van der Waals surface area contributed by atoms with E-state index in [1.165, 1.54) is 12.1 Å². The smallest absolute Gasteiger partial charge is 0.290 e. The Morgan fingerprint density at radius 2 is 2.21 bits per heavy atom. The lowest BCUT2D eigenvalue weighted by molar-refractivity contribution is 0.0987. The van der Waals surface area contributed by atoms with Crippen LogP contribution in [0.2, 0.25) is 0 Å². The second-order valence-electron chi connectivity index (χ2n) is 5.15. The summed E-state index contributed by atoms with van der Waals surface area (Å²) in [6, 6.07) is 3.14. The van der Waals surface area contributed by atoms with Crippen LogP contribution in [0, 0.1) is 5.82 Å². The Morgan fingerprint density at radius 3 is 2.83 bits per heavy atom. The van der Waals surface area contributed by atoms with Crippen molar-refractivity contribution in [2.45, 2.75) is 23.8 Å². The lowest BCUT2D eigenvalue weighted by Crippen LogP contribution is -2.31. The number of hydrogen-bond donors (Lipinski definition) is 1. The maximum atomic E-state index is 14.1. The molecule has 1 atom stereocenters. The van der Waals surface area contributed by atoms with E-state index in [0.717, 1.165) is 10.4 Å². The quantitative estimate of drug-likeness (QED) is 0.804. The number of nitrogens with zero attached hydrogens (tertiary/aromatic N) is 3. The van der Waals surface area contributed by atoms with Crippen LogP contribution in [-0.2, 0) is 10.0 Å². The van der Waals surface area contributed by atoms with E-state index in [2.05, 4.69) is 26.1 Å². The highest BCUT2D eigenvalue weighted by Gasteiger charge is 2.41. The zero-order valence-corrected chi connectivity index (χ0v) is 14.5. The van der Waals surface area contributed by atoms with Crippen molar-refractivity contribution in [3.63, 3.8) is 0 Å². The first kappa shape index (κ1) is 17.0. The number of amides is 1. The predicted molar refractivity (Wildman–Crippen MR) is 82.8 cm³/mol. The van der Waals surface area contributed by atoms with Gasteiger partial charge >= 0.3 is 0 Å². The predicted octanol–water partition coefficient (Wildman–Crippen LogP) is 1.60. The molecule has 2 heterocycles. The van der Waals surface area contributed by atoms with Gasteiger partial charge in [-0.2, -0.15) is 9.29 Å². The van der Waals surface area contributed by atoms with Gasteiger partial charge in [-0.05, 0) is 40.9 Å². The Morgan fingerprint density at radius 1 is 1.46 bits per heavy atom. The summed E-state index contributed by atoms with van der Waals surface area (Å²) < 4.78 is 46.0. The number of hydrogen-bond acceptors (Lipinski definition) is 6. The Hall–Kier alpha value is -1.85. The summed E-state index contributed by atoms with van der Waals surface area (Å²) in [5.41, 5.74) is 5.07. The summed E-state index contributed by atoms with van der Waals surface area (Å²) in [6.45, 7) is 0.169. The topological polar surface area (TPSA) is 119 Å². The van der Waals surface area contributed by atoms with E-state index in [4.69, 9.17) is 10.3 Å². The van der Waals surface area contributed by atoms with Crippen molar-refractivity contribution in [3.05, 3.63) is 40.2 Å². The summed E-state index contributed by atoms with van der Waals surface area (Å²) in [5, 5.41) is 3.42. The number of sulfonamides is 1. The van der Waals surface area contributed by atoms with Crippen LogP contribution in [0.25, 0.3) is 0 Å². The molecule has 3 rings (SSSR count). The van der Waals surface area contributed by atoms with Gasteiger partial charge in [0.15, 0.2) is 0 Å². The van der Waals surface area contributed by atoms with Crippen LogP contribution in [0.3, 0.4) is 0 Å². The third kappa shape index (κ3) is 2.82. The second kappa shape index (κ2) is 6.22. The van der Waals surface area contributed by atoms with Crippen LogP contribution < -0.4 is 5.73 Å². The number of rotatable bonds is 4. The van der Waals surface area contributed by atoms with Gasteiger partial charge in [-0.25, -0.2) is 12.8 Å². The van der Waals surface area contributed by atoms with E-state index in [9.17, 15) is 17.6 Å². The number of primary amides is 1. The fourth-order valence-corrected chi connectivity index (χ4v) is 5.31. The monoisotopic (exact) mass is 418 g/mol. The molecule has 1 amide bonds. The normalized spacial score (nSPS) is 18.8. The second-order valence-corrected chi connectivity index (χ2v) is 7.83. The minimum atomic E-state index is -4.14. The van der Waals surface area contributed by atoms with E-state index in [1.54, 1.807) is 0 Å². The van der Waals surface area contributed by atoms with E-state index >= 15 is 0 Å². The molecule has 2 aromatic rings. The lowest BCUT2D eigenvalue weighted by Gasteiger charge is -2.22. The molecule has 1 aromatic heterocycles. The van der Waals surface area contributed by atoms with Crippen molar-refractivity contribution < 1.29 is 22.1 Å². The zero-order valence-electron chi connectivity index (χ0n) is 12.1. The maximum absolute atomic E-state index is 14.1. The molecule has 1 aliphatic rings. The van der Waals surface area contributed by atoms with Crippen molar-refractivity contribution in [1.82, 2.24) is 14.4 Å². The SMILES string of the molecule is NC(=O)c1noc([C@@H]2CCCN2S(=O)(=O)c2c(F)cccc2Br)n1. The van der Waals surface area contributed by atoms with Crippen LogP contribution in [0.5, 0.6) is 0 Å². The first-order valence-corrected chi connectivity index (χ1v) is 9.15. The number of benzene rings is 1. The summed E-state index contributed by atoms with van der Waals surface area (Å²) in [6.07, 6.45) is 0.940. The summed E-state index contributed by atoms with van der Waals surface area (Å²) in [7, 11) is -4.14. The maximum Gasteiger partial charge on any atom is 0.290 e. The number of aromatic nitrogens is 2. The van der Waals surface area contributed by atoms with Crippen LogP contribution in [0.4, 0.5) is 4.39 Å². The van der Waals surface area contributed by atoms with Gasteiger partial charge in [0.25, 0.3) is 11.7 Å². The molecule has 0 spiro atoms. The average Bonchev–Trinajstić information content (AvgIpc) is 3.16. The van der Waals surface area contributed by atoms with Crippen molar-refractivity contribution in [2.75, 3.05) is 6.54 Å². The molecule has 8 nitrogen and oxygen atoms in total. The average molecular weight is 419 g/mol. The van der Waals surface area contributed by atoms with Crippen molar-refractivity contribution in [2.24, 2.45) is 5.73 Å². The van der Waals surface area contributed by atoms with Crippen molar-refractivity contribution >= 4 is 31.9 Å². The summed E-state index contributed by atoms with van der Waals surface area (Å²) >= 11 is 3.07. The minimum absolute atomic E-state index is 0.0441.